The van der Waals surface area contributed by atoms with Gasteiger partial charge in [-0.15, -0.1) is 0 Å². The van der Waals surface area contributed by atoms with Gasteiger partial charge < -0.3 is 0 Å². The van der Waals surface area contributed by atoms with E-state index in [1.807, 2.05) is 0 Å². The van der Waals surface area contributed by atoms with Crippen LogP contribution >= 0.6 is 0 Å². The van der Waals surface area contributed by atoms with E-state index in [1.54, 1.807) is 5.70 Å². The van der Waals surface area contributed by atoms with E-state index in [0.29, 0.717) is 5.54 Å². The Morgan fingerprint density at radius 3 is 1.69 bits per heavy atom. The normalized spacial score (nSPS) is 15.8. The zero-order valence-electron chi connectivity index (χ0n) is 11.1. The molecular weight excluding hydrogens is 240 g/mol. The van der Waals surface area contributed by atoms with Gasteiger partial charge in [0.15, 0.2) is 0 Å². The minimum Gasteiger partial charge on any atom is -0.282 e. The largest absolute Gasteiger partial charge is 0.286 e. The van der Waals surface area contributed by atoms with Gasteiger partial charge in [-0.05, 0) is 16.4 Å². The first-order valence-electron chi connectivity index (χ1n) is 5.48. The summed E-state index contributed by atoms with van der Waals surface area (Å²) in [5.41, 5.74) is 2.48. The van der Waals surface area contributed by atoms with Crippen molar-refractivity contribution < 1.29 is 13.0 Å². The fraction of sp³-hybridized carbons (Fsp3) is 0.818. The van der Waals surface area contributed by atoms with Gasteiger partial charge in [-0.1, -0.05) is 47.2 Å². The van der Waals surface area contributed by atoms with E-state index < -0.39 is 19.6 Å². The zero-order valence-corrected chi connectivity index (χ0v) is 13.3. The molecule has 1 N–H and O–H groups in total. The molecule has 0 aromatic rings. The number of hydrogen-bond acceptors (Lipinski definition) is 2. The van der Waals surface area contributed by atoms with E-state index in [0.717, 1.165) is 5.41 Å². The summed E-state index contributed by atoms with van der Waals surface area (Å²) in [5, 5.41) is 0.934. The molecule has 16 heavy (non-hydrogen) atoms. The molecule has 0 aromatic carbocycles. The van der Waals surface area contributed by atoms with Gasteiger partial charge in [0.25, 0.3) is 10.1 Å². The van der Waals surface area contributed by atoms with Crippen LogP contribution in [0.5, 0.6) is 0 Å². The van der Waals surface area contributed by atoms with E-state index >= 15 is 0 Å². The van der Waals surface area contributed by atoms with E-state index in [-0.39, 0.29) is 10.8 Å². The van der Waals surface area contributed by atoms with Crippen molar-refractivity contribution >= 4 is 19.6 Å². The van der Waals surface area contributed by atoms with Crippen molar-refractivity contribution in [3.63, 3.8) is 0 Å². The van der Waals surface area contributed by atoms with Gasteiger partial charge in [-0.3, -0.25) is 4.55 Å². The first-order valence-corrected chi connectivity index (χ1v) is 8.62. The molecule has 0 saturated carbocycles. The van der Waals surface area contributed by atoms with E-state index in [4.69, 9.17) is 4.55 Å². The monoisotopic (exact) mass is 264 g/mol. The van der Waals surface area contributed by atoms with E-state index in [9.17, 15) is 8.42 Å². The lowest BCUT2D eigenvalue weighted by Crippen LogP contribution is -2.31. The van der Waals surface area contributed by atoms with Gasteiger partial charge in [-0.2, -0.15) is 8.42 Å². The molecule has 0 rings (SSSR count). The first kappa shape index (κ1) is 15.9. The van der Waals surface area contributed by atoms with Gasteiger partial charge in [-0.25, -0.2) is 0 Å². The molecule has 0 unspecified atom stereocenters. The lowest BCUT2D eigenvalue weighted by Gasteiger charge is -2.40. The summed E-state index contributed by atoms with van der Waals surface area (Å²) in [7, 11) is -4.64. The lowest BCUT2D eigenvalue weighted by atomic mass is 9.77. The molecule has 0 fully saturated rings. The topological polar surface area (TPSA) is 54.4 Å². The highest BCUT2D eigenvalue weighted by Crippen LogP contribution is 2.44. The Kier molecular flexibility index (Phi) is 4.98. The van der Waals surface area contributed by atoms with E-state index in [2.05, 4.69) is 41.5 Å². The van der Waals surface area contributed by atoms with Crippen molar-refractivity contribution in [2.24, 2.45) is 10.8 Å². The first-order chi connectivity index (χ1) is 6.84. The highest BCUT2D eigenvalue weighted by Gasteiger charge is 2.33. The quantitative estimate of drug-likeness (QED) is 0.629. The Morgan fingerprint density at radius 1 is 1.06 bits per heavy atom. The summed E-state index contributed by atoms with van der Waals surface area (Å²) in [4.78, 5) is 0. The smallest absolute Gasteiger partial charge is 0.282 e. The maximum absolute atomic E-state index is 10.6. The van der Waals surface area contributed by atoms with Crippen LogP contribution in [0.25, 0.3) is 0 Å². The second kappa shape index (κ2) is 5.02. The highest BCUT2D eigenvalue weighted by atomic mass is 32.2. The standard InChI is InChI=1S/C11H24O3SSi/c1-10(2,3)9(11(4,5)6)16-8-7-15(12,13)14/h7-9H,16H2,1-6H3,(H,12,13,14). The van der Waals surface area contributed by atoms with Gasteiger partial charge in [0, 0.05) is 5.41 Å². The van der Waals surface area contributed by atoms with Crippen LogP contribution in [0, 0.1) is 10.8 Å². The predicted octanol–water partition coefficient (Wildman–Crippen LogP) is 2.39. The van der Waals surface area contributed by atoms with Crippen molar-refractivity contribution in [3.8, 4) is 0 Å². The fourth-order valence-corrected chi connectivity index (χ4v) is 5.42. The molecule has 0 aliphatic carbocycles. The van der Waals surface area contributed by atoms with Crippen LogP contribution in [0.3, 0.4) is 0 Å². The maximum atomic E-state index is 10.6. The minimum atomic E-state index is -3.96. The fourth-order valence-electron chi connectivity index (χ4n) is 2.32. The molecule has 0 aliphatic heterocycles. The van der Waals surface area contributed by atoms with Crippen LogP contribution in [0.4, 0.5) is 0 Å². The van der Waals surface area contributed by atoms with Crippen molar-refractivity contribution in [3.05, 3.63) is 11.1 Å². The predicted molar refractivity (Wildman–Crippen MR) is 71.9 cm³/mol. The Balaban J connectivity index is 4.80. The molecule has 0 spiro atoms. The van der Waals surface area contributed by atoms with Gasteiger partial charge >= 0.3 is 0 Å². The van der Waals surface area contributed by atoms with Crippen molar-refractivity contribution in [1.29, 1.82) is 0 Å². The van der Waals surface area contributed by atoms with Crippen molar-refractivity contribution in [1.82, 2.24) is 0 Å². The Morgan fingerprint density at radius 2 is 1.44 bits per heavy atom. The molecule has 96 valence electrons. The van der Waals surface area contributed by atoms with Crippen molar-refractivity contribution in [2.45, 2.75) is 47.1 Å². The summed E-state index contributed by atoms with van der Waals surface area (Å²) in [6.07, 6.45) is 0. The lowest BCUT2D eigenvalue weighted by molar-refractivity contribution is 0.233. The molecule has 0 amide bonds. The summed E-state index contributed by atoms with van der Waals surface area (Å²) in [5.74, 6) is 0. The Hall–Kier alpha value is -0.133. The van der Waals surface area contributed by atoms with Crippen LogP contribution in [0.2, 0.25) is 5.54 Å². The molecule has 0 heterocycles. The second-order valence-electron chi connectivity index (χ2n) is 6.41. The van der Waals surface area contributed by atoms with Crippen LogP contribution < -0.4 is 0 Å². The average molecular weight is 264 g/mol. The van der Waals surface area contributed by atoms with Crippen LogP contribution in [0.1, 0.15) is 41.5 Å². The summed E-state index contributed by atoms with van der Waals surface area (Å²) in [6, 6.07) is 0. The van der Waals surface area contributed by atoms with Crippen LogP contribution in [-0.4, -0.2) is 22.5 Å². The maximum Gasteiger partial charge on any atom is 0.286 e. The SMILES string of the molecule is CC(C)(C)C([SiH2]C=CS(=O)(=O)O)C(C)(C)C. The Bertz CT molecular complexity index is 330. The molecule has 0 saturated heterocycles. The second-order valence-corrected chi connectivity index (χ2v) is 9.47. The minimum absolute atomic E-state index is 0.161. The molecule has 0 atom stereocenters. The third-order valence-electron chi connectivity index (χ3n) is 2.73. The third-order valence-corrected chi connectivity index (χ3v) is 7.04. The highest BCUT2D eigenvalue weighted by molar-refractivity contribution is 7.88. The number of hydrogen-bond donors (Lipinski definition) is 1. The van der Waals surface area contributed by atoms with Gasteiger partial charge in [0.1, 0.15) is 0 Å². The summed E-state index contributed by atoms with van der Waals surface area (Å²) < 4.78 is 29.8. The molecular formula is C11H24O3SSi. The molecule has 3 nitrogen and oxygen atoms in total. The number of rotatable bonds is 3. The van der Waals surface area contributed by atoms with Crippen LogP contribution in [0.15, 0.2) is 11.1 Å². The Labute approximate surface area is 102 Å². The molecule has 0 bridgehead atoms. The van der Waals surface area contributed by atoms with Gasteiger partial charge in [0.2, 0.25) is 0 Å². The molecule has 0 aromatic heterocycles. The summed E-state index contributed by atoms with van der Waals surface area (Å²) in [6.45, 7) is 13.1. The van der Waals surface area contributed by atoms with E-state index in [1.165, 1.54) is 0 Å². The van der Waals surface area contributed by atoms with Crippen molar-refractivity contribution in [2.75, 3.05) is 0 Å². The molecule has 0 aliphatic rings. The summed E-state index contributed by atoms with van der Waals surface area (Å²) >= 11 is 0. The molecule has 0 radical (unpaired) electrons. The van der Waals surface area contributed by atoms with Crippen LogP contribution in [-0.2, 0) is 10.1 Å². The average Bonchev–Trinajstić information content (AvgIpc) is 1.90. The zero-order chi connectivity index (χ0) is 13.2. The molecule has 5 heteroatoms. The third kappa shape index (κ3) is 6.45. The van der Waals surface area contributed by atoms with Gasteiger partial charge in [0.05, 0.1) is 9.52 Å².